The Kier molecular flexibility index (Phi) is 3.85. The average molecular weight is 229 g/mol. The summed E-state index contributed by atoms with van der Waals surface area (Å²) in [4.78, 5) is 12.2. The number of nitrogens with one attached hydrogen (secondary N) is 2. The van der Waals surface area contributed by atoms with E-state index in [2.05, 4.69) is 25.6 Å². The maximum atomic E-state index is 4.14. The number of hydrogen-bond donors (Lipinski definition) is 2. The second kappa shape index (κ2) is 5.79. The first kappa shape index (κ1) is 11.3. The molecular weight excluding hydrogens is 214 g/mol. The van der Waals surface area contributed by atoms with Gasteiger partial charge < -0.3 is 10.6 Å². The number of nitrogens with zero attached hydrogens (tertiary/aromatic N) is 3. The Hall–Kier alpha value is -2.17. The Balaban J connectivity index is 1.86. The minimum atomic E-state index is 0.811. The number of pyridine rings is 1. The summed E-state index contributed by atoms with van der Waals surface area (Å²) in [6.07, 6.45) is 6.10. The van der Waals surface area contributed by atoms with Gasteiger partial charge in [-0.1, -0.05) is 0 Å². The molecule has 0 saturated carbocycles. The Morgan fingerprint density at radius 3 is 2.65 bits per heavy atom. The van der Waals surface area contributed by atoms with Crippen molar-refractivity contribution >= 4 is 11.6 Å². The second-order valence-corrected chi connectivity index (χ2v) is 3.57. The molecule has 2 rings (SSSR count). The molecule has 0 atom stereocenters. The molecule has 0 fully saturated rings. The first-order chi connectivity index (χ1) is 8.38. The topological polar surface area (TPSA) is 62.7 Å². The average Bonchev–Trinajstić information content (AvgIpc) is 2.40. The molecule has 0 unspecified atom stereocenters. The highest BCUT2D eigenvalue weighted by Crippen LogP contribution is 2.07. The normalized spacial score (nSPS) is 9.94. The summed E-state index contributed by atoms with van der Waals surface area (Å²) in [5.41, 5.74) is 1.26. The Bertz CT molecular complexity index is 457. The van der Waals surface area contributed by atoms with Crippen molar-refractivity contribution in [2.24, 2.45) is 0 Å². The molecule has 2 aromatic rings. The Morgan fingerprint density at radius 1 is 1.12 bits per heavy atom. The number of rotatable bonds is 5. The molecule has 0 aromatic carbocycles. The van der Waals surface area contributed by atoms with E-state index in [9.17, 15) is 0 Å². The van der Waals surface area contributed by atoms with Crippen LogP contribution in [0.4, 0.5) is 11.6 Å². The van der Waals surface area contributed by atoms with E-state index in [0.29, 0.717) is 0 Å². The van der Waals surface area contributed by atoms with Gasteiger partial charge in [0.05, 0.1) is 0 Å². The summed E-state index contributed by atoms with van der Waals surface area (Å²) >= 11 is 0. The fraction of sp³-hybridized carbons (Fsp3) is 0.250. The minimum Gasteiger partial charge on any atom is -0.373 e. The summed E-state index contributed by atoms with van der Waals surface area (Å²) in [5.74, 6) is 1.64. The second-order valence-electron chi connectivity index (χ2n) is 3.57. The molecule has 0 spiro atoms. The molecule has 0 amide bonds. The monoisotopic (exact) mass is 229 g/mol. The van der Waals surface area contributed by atoms with Crippen molar-refractivity contribution in [1.29, 1.82) is 0 Å². The van der Waals surface area contributed by atoms with Crippen molar-refractivity contribution in [2.75, 3.05) is 24.2 Å². The SMILES string of the molecule is CNc1cc(NCCc2ccncc2)ncn1. The van der Waals surface area contributed by atoms with E-state index in [4.69, 9.17) is 0 Å². The first-order valence-corrected chi connectivity index (χ1v) is 5.51. The van der Waals surface area contributed by atoms with Gasteiger partial charge in [-0.3, -0.25) is 4.98 Å². The van der Waals surface area contributed by atoms with E-state index < -0.39 is 0 Å². The Morgan fingerprint density at radius 2 is 1.88 bits per heavy atom. The lowest BCUT2D eigenvalue weighted by molar-refractivity contribution is 0.994. The molecule has 5 nitrogen and oxygen atoms in total. The predicted molar refractivity (Wildman–Crippen MR) is 68.0 cm³/mol. The van der Waals surface area contributed by atoms with Crippen LogP contribution < -0.4 is 10.6 Å². The molecule has 0 bridgehead atoms. The van der Waals surface area contributed by atoms with Crippen LogP contribution in [-0.4, -0.2) is 28.5 Å². The van der Waals surface area contributed by atoms with Gasteiger partial charge >= 0.3 is 0 Å². The molecule has 88 valence electrons. The van der Waals surface area contributed by atoms with Gasteiger partial charge in [0, 0.05) is 32.1 Å². The molecule has 17 heavy (non-hydrogen) atoms. The third kappa shape index (κ3) is 3.41. The van der Waals surface area contributed by atoms with E-state index in [1.807, 2.05) is 25.2 Å². The molecule has 2 aromatic heterocycles. The lowest BCUT2D eigenvalue weighted by atomic mass is 10.2. The van der Waals surface area contributed by atoms with E-state index in [1.165, 1.54) is 5.56 Å². The number of aromatic nitrogens is 3. The van der Waals surface area contributed by atoms with Gasteiger partial charge in [-0.25, -0.2) is 9.97 Å². The summed E-state index contributed by atoms with van der Waals surface area (Å²) in [6.45, 7) is 0.837. The maximum Gasteiger partial charge on any atom is 0.131 e. The first-order valence-electron chi connectivity index (χ1n) is 5.51. The van der Waals surface area contributed by atoms with Gasteiger partial charge in [0.1, 0.15) is 18.0 Å². The molecule has 0 aliphatic carbocycles. The van der Waals surface area contributed by atoms with E-state index >= 15 is 0 Å². The molecule has 0 radical (unpaired) electrons. The van der Waals surface area contributed by atoms with Crippen LogP contribution in [0.15, 0.2) is 36.9 Å². The van der Waals surface area contributed by atoms with Crippen LogP contribution in [0.5, 0.6) is 0 Å². The van der Waals surface area contributed by atoms with E-state index in [1.54, 1.807) is 18.7 Å². The zero-order valence-electron chi connectivity index (χ0n) is 9.72. The van der Waals surface area contributed by atoms with Crippen molar-refractivity contribution in [3.63, 3.8) is 0 Å². The van der Waals surface area contributed by atoms with E-state index in [-0.39, 0.29) is 0 Å². The molecule has 0 aliphatic rings. The lowest BCUT2D eigenvalue weighted by Crippen LogP contribution is -2.07. The summed E-state index contributed by atoms with van der Waals surface area (Å²) < 4.78 is 0. The van der Waals surface area contributed by atoms with Crippen molar-refractivity contribution in [3.8, 4) is 0 Å². The van der Waals surface area contributed by atoms with Crippen molar-refractivity contribution in [3.05, 3.63) is 42.5 Å². The van der Waals surface area contributed by atoms with Gasteiger partial charge in [-0.2, -0.15) is 0 Å². The molecule has 2 heterocycles. The number of hydrogen-bond acceptors (Lipinski definition) is 5. The van der Waals surface area contributed by atoms with Crippen LogP contribution >= 0.6 is 0 Å². The minimum absolute atomic E-state index is 0.811. The molecule has 0 saturated heterocycles. The largest absolute Gasteiger partial charge is 0.373 e. The lowest BCUT2D eigenvalue weighted by Gasteiger charge is -2.06. The highest BCUT2D eigenvalue weighted by molar-refractivity contribution is 5.45. The highest BCUT2D eigenvalue weighted by atomic mass is 15.0. The van der Waals surface area contributed by atoms with Crippen LogP contribution in [0, 0.1) is 0 Å². The number of anilines is 2. The van der Waals surface area contributed by atoms with Crippen LogP contribution in [0.3, 0.4) is 0 Å². The van der Waals surface area contributed by atoms with Gasteiger partial charge in [0.25, 0.3) is 0 Å². The van der Waals surface area contributed by atoms with Gasteiger partial charge in [0.2, 0.25) is 0 Å². The summed E-state index contributed by atoms with van der Waals surface area (Å²) in [6, 6.07) is 5.91. The molecule has 0 aliphatic heterocycles. The van der Waals surface area contributed by atoms with Gasteiger partial charge in [0.15, 0.2) is 0 Å². The fourth-order valence-corrected chi connectivity index (χ4v) is 1.48. The van der Waals surface area contributed by atoms with Crippen LogP contribution in [0.1, 0.15) is 5.56 Å². The summed E-state index contributed by atoms with van der Waals surface area (Å²) in [5, 5.41) is 6.23. The predicted octanol–water partition coefficient (Wildman–Crippen LogP) is 1.57. The van der Waals surface area contributed by atoms with Crippen LogP contribution in [0.25, 0.3) is 0 Å². The molecule has 2 N–H and O–H groups in total. The maximum absolute atomic E-state index is 4.14. The summed E-state index contributed by atoms with van der Waals surface area (Å²) in [7, 11) is 1.84. The molecular formula is C12H15N5. The zero-order chi connectivity index (χ0) is 11.9. The molecule has 5 heteroatoms. The standard InChI is InChI=1S/C12H15N5/c1-13-11-8-12(17-9-16-11)15-7-4-10-2-5-14-6-3-10/h2-3,5-6,8-9H,4,7H2,1H3,(H2,13,15,16,17). The van der Waals surface area contributed by atoms with Crippen LogP contribution in [-0.2, 0) is 6.42 Å². The fourth-order valence-electron chi connectivity index (χ4n) is 1.48. The third-order valence-electron chi connectivity index (χ3n) is 2.39. The van der Waals surface area contributed by atoms with Crippen molar-refractivity contribution < 1.29 is 0 Å². The highest BCUT2D eigenvalue weighted by Gasteiger charge is 1.96. The van der Waals surface area contributed by atoms with Crippen molar-refractivity contribution in [2.45, 2.75) is 6.42 Å². The van der Waals surface area contributed by atoms with Gasteiger partial charge in [-0.05, 0) is 24.1 Å². The van der Waals surface area contributed by atoms with Gasteiger partial charge in [-0.15, -0.1) is 0 Å². The zero-order valence-corrected chi connectivity index (χ0v) is 9.72. The van der Waals surface area contributed by atoms with E-state index in [0.717, 1.165) is 24.6 Å². The Labute approximate surface area is 100 Å². The third-order valence-corrected chi connectivity index (χ3v) is 2.39. The van der Waals surface area contributed by atoms with Crippen molar-refractivity contribution in [1.82, 2.24) is 15.0 Å². The quantitative estimate of drug-likeness (QED) is 0.814. The smallest absolute Gasteiger partial charge is 0.131 e. The van der Waals surface area contributed by atoms with Crippen LogP contribution in [0.2, 0.25) is 0 Å².